The number of carbonyl (C=O) groups excluding carboxylic acids is 2. The summed E-state index contributed by atoms with van der Waals surface area (Å²) >= 11 is 5.84. The summed E-state index contributed by atoms with van der Waals surface area (Å²) in [6.07, 6.45) is 3.12. The standard InChI is InChI=1S/C13H14ClN5O2/c14-10-2-1-8(5-9(10)12(16)20)18-13(21)11-6-19(4-3-15)7-17-11/h1-2,5-7H,3-4,15H2,(H2,16,20)(H,18,21). The number of rotatable bonds is 5. The molecule has 110 valence electrons. The van der Waals surface area contributed by atoms with E-state index in [-0.39, 0.29) is 16.3 Å². The van der Waals surface area contributed by atoms with Crippen LogP contribution in [-0.4, -0.2) is 27.9 Å². The normalized spacial score (nSPS) is 10.4. The van der Waals surface area contributed by atoms with Gasteiger partial charge in [0.1, 0.15) is 5.69 Å². The zero-order valence-corrected chi connectivity index (χ0v) is 11.8. The molecule has 0 aliphatic heterocycles. The Hall–Kier alpha value is -2.38. The number of anilines is 1. The molecule has 8 heteroatoms. The van der Waals surface area contributed by atoms with E-state index in [9.17, 15) is 9.59 Å². The Morgan fingerprint density at radius 1 is 1.38 bits per heavy atom. The molecule has 0 radical (unpaired) electrons. The number of primary amides is 1. The number of nitrogens with zero attached hydrogens (tertiary/aromatic N) is 2. The van der Waals surface area contributed by atoms with Gasteiger partial charge in [-0.3, -0.25) is 9.59 Å². The molecule has 21 heavy (non-hydrogen) atoms. The van der Waals surface area contributed by atoms with Crippen molar-refractivity contribution in [2.24, 2.45) is 11.5 Å². The zero-order valence-electron chi connectivity index (χ0n) is 11.0. The minimum atomic E-state index is -0.664. The van der Waals surface area contributed by atoms with Crippen molar-refractivity contribution in [2.75, 3.05) is 11.9 Å². The van der Waals surface area contributed by atoms with Gasteiger partial charge in [-0.25, -0.2) is 4.98 Å². The molecule has 2 aromatic rings. The summed E-state index contributed by atoms with van der Waals surface area (Å²) in [7, 11) is 0. The molecule has 1 aromatic heterocycles. The quantitative estimate of drug-likeness (QED) is 0.759. The van der Waals surface area contributed by atoms with Crippen molar-refractivity contribution in [2.45, 2.75) is 6.54 Å². The minimum absolute atomic E-state index is 0.142. The van der Waals surface area contributed by atoms with Gasteiger partial charge in [-0.05, 0) is 18.2 Å². The summed E-state index contributed by atoms with van der Waals surface area (Å²) in [5, 5.41) is 2.85. The molecule has 2 amide bonds. The number of amides is 2. The Labute approximate surface area is 125 Å². The van der Waals surface area contributed by atoms with Crippen LogP contribution >= 0.6 is 11.6 Å². The van der Waals surface area contributed by atoms with Crippen molar-refractivity contribution in [1.29, 1.82) is 0 Å². The van der Waals surface area contributed by atoms with Crippen LogP contribution in [0.15, 0.2) is 30.7 Å². The Morgan fingerprint density at radius 2 is 2.14 bits per heavy atom. The van der Waals surface area contributed by atoms with Crippen molar-refractivity contribution in [3.8, 4) is 0 Å². The van der Waals surface area contributed by atoms with Crippen LogP contribution < -0.4 is 16.8 Å². The van der Waals surface area contributed by atoms with Gasteiger partial charge in [0.05, 0.1) is 16.9 Å². The number of hydrogen-bond acceptors (Lipinski definition) is 4. The van der Waals surface area contributed by atoms with Crippen molar-refractivity contribution < 1.29 is 9.59 Å². The summed E-state index contributed by atoms with van der Waals surface area (Å²) in [5.74, 6) is -1.06. The van der Waals surface area contributed by atoms with Gasteiger partial charge >= 0.3 is 0 Å². The van der Waals surface area contributed by atoms with E-state index in [0.29, 0.717) is 18.8 Å². The van der Waals surface area contributed by atoms with Crippen molar-refractivity contribution in [3.63, 3.8) is 0 Å². The molecule has 5 N–H and O–H groups in total. The Kier molecular flexibility index (Phi) is 4.56. The van der Waals surface area contributed by atoms with E-state index >= 15 is 0 Å². The Morgan fingerprint density at radius 3 is 2.81 bits per heavy atom. The van der Waals surface area contributed by atoms with Crippen molar-refractivity contribution in [1.82, 2.24) is 9.55 Å². The maximum Gasteiger partial charge on any atom is 0.275 e. The SMILES string of the molecule is NCCn1cnc(C(=O)Nc2ccc(Cl)c(C(N)=O)c2)c1. The topological polar surface area (TPSA) is 116 Å². The lowest BCUT2D eigenvalue weighted by molar-refractivity contribution is 0.0995. The largest absolute Gasteiger partial charge is 0.366 e. The average molecular weight is 308 g/mol. The molecule has 0 saturated carbocycles. The van der Waals surface area contributed by atoms with Crippen LogP contribution in [0.5, 0.6) is 0 Å². The summed E-state index contributed by atoms with van der Waals surface area (Å²) in [4.78, 5) is 27.2. The first-order chi connectivity index (χ1) is 10.0. The van der Waals surface area contributed by atoms with Crippen LogP contribution in [0.25, 0.3) is 0 Å². The first-order valence-electron chi connectivity index (χ1n) is 6.14. The molecule has 0 bridgehead atoms. The van der Waals surface area contributed by atoms with E-state index in [4.69, 9.17) is 23.1 Å². The fourth-order valence-electron chi connectivity index (χ4n) is 1.74. The highest BCUT2D eigenvalue weighted by Crippen LogP contribution is 2.20. The average Bonchev–Trinajstić information content (AvgIpc) is 2.90. The number of nitrogens with two attached hydrogens (primary N) is 2. The van der Waals surface area contributed by atoms with Crippen molar-refractivity contribution in [3.05, 3.63) is 47.0 Å². The second kappa shape index (κ2) is 6.38. The van der Waals surface area contributed by atoms with Gasteiger partial charge in [0.15, 0.2) is 0 Å². The predicted octanol–water partition coefficient (Wildman–Crippen LogP) is 0.846. The first-order valence-corrected chi connectivity index (χ1v) is 6.51. The minimum Gasteiger partial charge on any atom is -0.366 e. The van der Waals surface area contributed by atoms with Crippen LogP contribution in [0.2, 0.25) is 5.02 Å². The number of carbonyl (C=O) groups is 2. The summed E-state index contributed by atoms with van der Waals surface area (Å²) in [6.45, 7) is 1.03. The highest BCUT2D eigenvalue weighted by atomic mass is 35.5. The molecule has 0 saturated heterocycles. The number of hydrogen-bond donors (Lipinski definition) is 3. The van der Waals surface area contributed by atoms with E-state index in [1.807, 2.05) is 0 Å². The summed E-state index contributed by atoms with van der Waals surface area (Å²) in [6, 6.07) is 4.48. The summed E-state index contributed by atoms with van der Waals surface area (Å²) in [5.41, 5.74) is 11.4. The molecule has 2 rings (SSSR count). The van der Waals surface area contributed by atoms with Gasteiger partial charge in [-0.15, -0.1) is 0 Å². The van der Waals surface area contributed by atoms with Gasteiger partial charge in [0.25, 0.3) is 5.91 Å². The van der Waals surface area contributed by atoms with E-state index < -0.39 is 11.8 Å². The number of aromatic nitrogens is 2. The monoisotopic (exact) mass is 307 g/mol. The first kappa shape index (κ1) is 15.0. The second-order valence-electron chi connectivity index (χ2n) is 4.30. The van der Waals surface area contributed by atoms with Crippen LogP contribution in [-0.2, 0) is 6.54 Å². The second-order valence-corrected chi connectivity index (χ2v) is 4.71. The third-order valence-electron chi connectivity index (χ3n) is 2.74. The lowest BCUT2D eigenvalue weighted by Gasteiger charge is -2.06. The molecule has 0 aliphatic carbocycles. The smallest absolute Gasteiger partial charge is 0.275 e. The maximum absolute atomic E-state index is 12.0. The molecule has 0 unspecified atom stereocenters. The molecule has 1 aromatic carbocycles. The molecule has 7 nitrogen and oxygen atoms in total. The molecular weight excluding hydrogens is 294 g/mol. The number of benzene rings is 1. The number of nitrogens with one attached hydrogen (secondary N) is 1. The Bertz CT molecular complexity index is 683. The third kappa shape index (κ3) is 3.59. The van der Waals surface area contributed by atoms with Gasteiger partial charge in [-0.2, -0.15) is 0 Å². The van der Waals surface area contributed by atoms with E-state index in [1.165, 1.54) is 18.5 Å². The molecule has 1 heterocycles. The van der Waals surface area contributed by atoms with Crippen LogP contribution in [0.1, 0.15) is 20.8 Å². The number of imidazole rings is 1. The van der Waals surface area contributed by atoms with Crippen molar-refractivity contribution >= 4 is 29.1 Å². The highest BCUT2D eigenvalue weighted by Gasteiger charge is 2.12. The molecule has 0 fully saturated rings. The van der Waals surface area contributed by atoms with Gasteiger partial charge < -0.3 is 21.4 Å². The Balaban J connectivity index is 2.15. The molecule has 0 aliphatic rings. The van der Waals surface area contributed by atoms with E-state index in [2.05, 4.69) is 10.3 Å². The van der Waals surface area contributed by atoms with Gasteiger partial charge in [-0.1, -0.05) is 11.6 Å². The predicted molar refractivity (Wildman–Crippen MR) is 79.2 cm³/mol. The fourth-order valence-corrected chi connectivity index (χ4v) is 1.95. The van der Waals surface area contributed by atoms with Gasteiger partial charge in [0.2, 0.25) is 5.91 Å². The highest BCUT2D eigenvalue weighted by molar-refractivity contribution is 6.34. The van der Waals surface area contributed by atoms with Crippen LogP contribution in [0.4, 0.5) is 5.69 Å². The van der Waals surface area contributed by atoms with Gasteiger partial charge in [0, 0.05) is 25.0 Å². The lowest BCUT2D eigenvalue weighted by Crippen LogP contribution is -2.15. The zero-order chi connectivity index (χ0) is 15.4. The molecular formula is C13H14ClN5O2. The lowest BCUT2D eigenvalue weighted by atomic mass is 10.2. The maximum atomic E-state index is 12.0. The fraction of sp³-hybridized carbons (Fsp3) is 0.154. The number of halogens is 1. The summed E-state index contributed by atoms with van der Waals surface area (Å²) < 4.78 is 1.71. The van der Waals surface area contributed by atoms with Crippen LogP contribution in [0.3, 0.4) is 0 Å². The molecule has 0 atom stereocenters. The third-order valence-corrected chi connectivity index (χ3v) is 3.07. The van der Waals surface area contributed by atoms with Crippen LogP contribution in [0, 0.1) is 0 Å². The molecule has 0 spiro atoms. The van der Waals surface area contributed by atoms with E-state index in [1.54, 1.807) is 16.8 Å². The van der Waals surface area contributed by atoms with E-state index in [0.717, 1.165) is 0 Å².